The normalized spacial score (nSPS) is 13.1. The molecule has 7 rings (SSSR count). The highest BCUT2D eigenvalue weighted by Gasteiger charge is 2.22. The third-order valence-corrected chi connectivity index (χ3v) is 7.87. The van der Waals surface area contributed by atoms with Crippen LogP contribution >= 0.6 is 0 Å². The van der Waals surface area contributed by atoms with Crippen LogP contribution in [0.5, 0.6) is 0 Å². The van der Waals surface area contributed by atoms with Crippen molar-refractivity contribution in [3.8, 4) is 0 Å². The van der Waals surface area contributed by atoms with Crippen molar-refractivity contribution >= 4 is 55.0 Å². The zero-order valence-electron chi connectivity index (χ0n) is 23.6. The lowest BCUT2D eigenvalue weighted by Gasteiger charge is -2.21. The number of nitrogens with one attached hydrogen (secondary N) is 2. The Balaban J connectivity index is 0.000000172. The zero-order valence-corrected chi connectivity index (χ0v) is 23.6. The molecular weight excluding hydrogens is 498 g/mol. The first-order chi connectivity index (χ1) is 19.7. The second-order valence-electron chi connectivity index (χ2n) is 11.6. The van der Waals surface area contributed by atoms with Crippen LogP contribution in [0.1, 0.15) is 43.0 Å². The topological polar surface area (TPSA) is 73.7 Å². The van der Waals surface area contributed by atoms with Gasteiger partial charge in [0.1, 0.15) is 0 Å². The summed E-state index contributed by atoms with van der Waals surface area (Å²) in [6.45, 7) is 6.68. The standard InChI is InChI=1S/C24H16N2.C14H17N/c25-23-14-22(19-11-5-6-12-20(19)24(23)26)21-13-15-7-1-2-8-16(15)17-9-3-4-10-18(17)21;1-14(2,3)12-8-9-13(15)11-7-5-4-6-10(11)12/h1-14,25-26H;4-9H,15H2,1-3H3. The van der Waals surface area contributed by atoms with Crippen molar-refractivity contribution in [2.75, 3.05) is 5.73 Å². The second kappa shape index (κ2) is 10.2. The molecule has 1 aliphatic rings. The van der Waals surface area contributed by atoms with Crippen molar-refractivity contribution in [3.05, 3.63) is 144 Å². The fraction of sp³-hybridized carbons (Fsp3) is 0.105. The van der Waals surface area contributed by atoms with Crippen LogP contribution in [-0.4, -0.2) is 11.4 Å². The largest absolute Gasteiger partial charge is 0.398 e. The van der Waals surface area contributed by atoms with Crippen LogP contribution in [0.4, 0.5) is 5.69 Å². The third kappa shape index (κ3) is 4.70. The molecule has 0 spiro atoms. The third-order valence-electron chi connectivity index (χ3n) is 7.87. The zero-order chi connectivity index (χ0) is 28.7. The first-order valence-electron chi connectivity index (χ1n) is 13.9. The van der Waals surface area contributed by atoms with Gasteiger partial charge in [0.25, 0.3) is 0 Å². The lowest BCUT2D eigenvalue weighted by Crippen LogP contribution is -2.18. The van der Waals surface area contributed by atoms with E-state index in [2.05, 4.69) is 99.6 Å². The summed E-state index contributed by atoms with van der Waals surface area (Å²) in [5.41, 5.74) is 12.9. The van der Waals surface area contributed by atoms with Crippen molar-refractivity contribution < 1.29 is 0 Å². The Labute approximate surface area is 241 Å². The van der Waals surface area contributed by atoms with Crippen molar-refractivity contribution in [2.24, 2.45) is 0 Å². The number of benzene rings is 6. The monoisotopic (exact) mass is 531 g/mol. The molecule has 200 valence electrons. The minimum absolute atomic E-state index is 0.160. The van der Waals surface area contributed by atoms with Crippen molar-refractivity contribution in [1.29, 1.82) is 10.8 Å². The van der Waals surface area contributed by atoms with E-state index in [1.54, 1.807) is 0 Å². The molecule has 4 N–H and O–H groups in total. The Kier molecular flexibility index (Phi) is 6.51. The van der Waals surface area contributed by atoms with Crippen LogP contribution in [0.15, 0.2) is 121 Å². The maximum atomic E-state index is 8.28. The van der Waals surface area contributed by atoms with Crippen molar-refractivity contribution in [2.45, 2.75) is 26.2 Å². The maximum Gasteiger partial charge on any atom is 0.0867 e. The van der Waals surface area contributed by atoms with Crippen molar-refractivity contribution in [3.63, 3.8) is 0 Å². The van der Waals surface area contributed by atoms with Gasteiger partial charge in [0.15, 0.2) is 0 Å². The van der Waals surface area contributed by atoms with E-state index in [0.29, 0.717) is 0 Å². The molecular formula is C38H33N3. The molecule has 6 aromatic carbocycles. The number of hydrogen-bond donors (Lipinski definition) is 3. The summed E-state index contributed by atoms with van der Waals surface area (Å²) in [6.07, 6.45) is 1.83. The van der Waals surface area contributed by atoms with E-state index in [0.717, 1.165) is 33.3 Å². The molecule has 0 bridgehead atoms. The maximum absolute atomic E-state index is 8.28. The Morgan fingerprint density at radius 1 is 0.537 bits per heavy atom. The molecule has 1 aliphatic carbocycles. The van der Waals surface area contributed by atoms with Crippen molar-refractivity contribution in [1.82, 2.24) is 0 Å². The number of hydrogen-bond acceptors (Lipinski definition) is 3. The summed E-state index contributed by atoms with van der Waals surface area (Å²) < 4.78 is 0. The van der Waals surface area contributed by atoms with Gasteiger partial charge in [-0.05, 0) is 72.8 Å². The predicted molar refractivity (Wildman–Crippen MR) is 177 cm³/mol. The molecule has 0 unspecified atom stereocenters. The van der Waals surface area contributed by atoms with E-state index >= 15 is 0 Å². The van der Waals surface area contributed by atoms with Crippen LogP contribution in [-0.2, 0) is 5.41 Å². The highest BCUT2D eigenvalue weighted by molar-refractivity contribution is 6.53. The van der Waals surface area contributed by atoms with Crippen LogP contribution in [0, 0.1) is 10.8 Å². The molecule has 0 amide bonds. The molecule has 0 heterocycles. The van der Waals surface area contributed by atoms with Crippen LogP contribution in [0.3, 0.4) is 0 Å². The Bertz CT molecular complexity index is 2020. The fourth-order valence-electron chi connectivity index (χ4n) is 5.85. The summed E-state index contributed by atoms with van der Waals surface area (Å²) in [5, 5.41) is 23.8. The van der Waals surface area contributed by atoms with E-state index in [1.165, 1.54) is 32.5 Å². The molecule has 0 saturated carbocycles. The molecule has 0 aliphatic heterocycles. The minimum atomic E-state index is 0.160. The lowest BCUT2D eigenvalue weighted by molar-refractivity contribution is 0.596. The van der Waals surface area contributed by atoms with Gasteiger partial charge in [-0.1, -0.05) is 124 Å². The highest BCUT2D eigenvalue weighted by Crippen LogP contribution is 2.38. The first kappa shape index (κ1) is 26.2. The smallest absolute Gasteiger partial charge is 0.0867 e. The highest BCUT2D eigenvalue weighted by atomic mass is 14.6. The molecule has 41 heavy (non-hydrogen) atoms. The van der Waals surface area contributed by atoms with Crippen LogP contribution in [0.25, 0.3) is 37.9 Å². The number of nitrogen functional groups attached to an aromatic ring is 1. The number of allylic oxidation sites excluding steroid dienone is 1. The van der Waals surface area contributed by atoms with Gasteiger partial charge < -0.3 is 5.73 Å². The second-order valence-corrected chi connectivity index (χ2v) is 11.6. The first-order valence-corrected chi connectivity index (χ1v) is 13.9. The van der Waals surface area contributed by atoms with E-state index in [-0.39, 0.29) is 16.8 Å². The molecule has 0 saturated heterocycles. The van der Waals surface area contributed by atoms with Gasteiger partial charge in [0.2, 0.25) is 0 Å². The van der Waals surface area contributed by atoms with Gasteiger partial charge in [-0.25, -0.2) is 0 Å². The molecule has 0 fully saturated rings. The number of anilines is 1. The summed E-state index contributed by atoms with van der Waals surface area (Å²) in [4.78, 5) is 0. The molecule has 0 aromatic heterocycles. The van der Waals surface area contributed by atoms with Gasteiger partial charge in [0, 0.05) is 16.6 Å². The molecule has 0 radical (unpaired) electrons. The van der Waals surface area contributed by atoms with Gasteiger partial charge in [-0.3, -0.25) is 10.8 Å². The summed E-state index contributed by atoms with van der Waals surface area (Å²) >= 11 is 0. The van der Waals surface area contributed by atoms with Gasteiger partial charge in [-0.15, -0.1) is 0 Å². The van der Waals surface area contributed by atoms with Gasteiger partial charge in [-0.2, -0.15) is 0 Å². The van der Waals surface area contributed by atoms with E-state index in [9.17, 15) is 0 Å². The Morgan fingerprint density at radius 3 is 1.80 bits per heavy atom. The Morgan fingerprint density at radius 2 is 1.10 bits per heavy atom. The van der Waals surface area contributed by atoms with Gasteiger partial charge >= 0.3 is 0 Å². The quantitative estimate of drug-likeness (QED) is 0.143. The number of rotatable bonds is 1. The van der Waals surface area contributed by atoms with E-state index < -0.39 is 0 Å². The van der Waals surface area contributed by atoms with E-state index in [1.807, 2.05) is 42.5 Å². The summed E-state index contributed by atoms with van der Waals surface area (Å²) in [5.74, 6) is 0. The average molecular weight is 532 g/mol. The summed E-state index contributed by atoms with van der Waals surface area (Å²) in [7, 11) is 0. The Hall–Kier alpha value is -5.02. The number of fused-ring (bicyclic) bond motifs is 5. The minimum Gasteiger partial charge on any atom is -0.398 e. The molecule has 3 heteroatoms. The molecule has 6 aromatic rings. The average Bonchev–Trinajstić information content (AvgIpc) is 2.99. The predicted octanol–water partition coefficient (Wildman–Crippen LogP) is 9.55. The summed E-state index contributed by atoms with van der Waals surface area (Å²) in [6, 6.07) is 39.4. The SMILES string of the molecule is CC(C)(C)c1ccc(N)c2ccccc12.N=C1C=C(c2cc3ccccc3c3ccccc23)c2ccccc2C1=N. The van der Waals surface area contributed by atoms with E-state index in [4.69, 9.17) is 16.6 Å². The van der Waals surface area contributed by atoms with Crippen LogP contribution in [0.2, 0.25) is 0 Å². The molecule has 3 nitrogen and oxygen atoms in total. The number of nitrogens with two attached hydrogens (primary N) is 1. The molecule has 0 atom stereocenters. The van der Waals surface area contributed by atoms with Crippen LogP contribution < -0.4 is 5.73 Å². The fourth-order valence-corrected chi connectivity index (χ4v) is 5.85. The van der Waals surface area contributed by atoms with Gasteiger partial charge in [0.05, 0.1) is 11.4 Å². The lowest BCUT2D eigenvalue weighted by atomic mass is 9.82.